The van der Waals surface area contributed by atoms with Crippen molar-refractivity contribution in [2.24, 2.45) is 0 Å². The summed E-state index contributed by atoms with van der Waals surface area (Å²) in [6.07, 6.45) is 0. The number of hydrogen-bond donors (Lipinski definition) is 1. The van der Waals surface area contributed by atoms with Gasteiger partial charge in [-0.1, -0.05) is 103 Å². The van der Waals surface area contributed by atoms with Gasteiger partial charge in [0.05, 0.1) is 16.7 Å². The third-order valence-electron chi connectivity index (χ3n) is 9.22. The van der Waals surface area contributed by atoms with E-state index in [9.17, 15) is 0 Å². The van der Waals surface area contributed by atoms with Crippen molar-refractivity contribution in [2.75, 3.05) is 5.32 Å². The summed E-state index contributed by atoms with van der Waals surface area (Å²) < 4.78 is 5.06. The molecular weight excluding hydrogens is 585 g/mol. The van der Waals surface area contributed by atoms with Crippen LogP contribution in [0, 0.1) is 0 Å². The molecule has 45 heavy (non-hydrogen) atoms. The lowest BCUT2D eigenvalue weighted by Gasteiger charge is -2.13. The molecule has 0 amide bonds. The summed E-state index contributed by atoms with van der Waals surface area (Å²) >= 11 is 3.80. The van der Waals surface area contributed by atoms with Gasteiger partial charge >= 0.3 is 0 Å². The van der Waals surface area contributed by atoms with Gasteiger partial charge in [0.15, 0.2) is 0 Å². The predicted octanol–water partition coefficient (Wildman–Crippen LogP) is 12.2. The molecule has 0 bridgehead atoms. The van der Waals surface area contributed by atoms with Crippen LogP contribution in [0.2, 0.25) is 0 Å². The molecule has 4 heteroatoms. The number of thiophene rings is 1. The number of thioether (sulfide) groups is 1. The van der Waals surface area contributed by atoms with Gasteiger partial charge in [0, 0.05) is 41.5 Å². The van der Waals surface area contributed by atoms with E-state index in [4.69, 9.17) is 0 Å². The molecule has 2 aromatic heterocycles. The fourth-order valence-corrected chi connectivity index (χ4v) is 9.32. The molecule has 7 aromatic carbocycles. The maximum absolute atomic E-state index is 3.97. The summed E-state index contributed by atoms with van der Waals surface area (Å²) in [6.45, 7) is 0. The van der Waals surface area contributed by atoms with Gasteiger partial charge in [-0.25, -0.2) is 0 Å². The monoisotopic (exact) mass is 610 g/mol. The van der Waals surface area contributed by atoms with E-state index in [2.05, 4.69) is 155 Å². The van der Waals surface area contributed by atoms with Gasteiger partial charge in [-0.05, 0) is 82.1 Å². The average molecular weight is 611 g/mol. The van der Waals surface area contributed by atoms with Crippen LogP contribution in [0.3, 0.4) is 0 Å². The molecule has 2 nitrogen and oxygen atoms in total. The quantitative estimate of drug-likeness (QED) is 0.214. The lowest BCUT2D eigenvalue weighted by molar-refractivity contribution is 1.13. The number of hydrogen-bond acceptors (Lipinski definition) is 3. The Hall–Kier alpha value is -5.03. The molecule has 1 N–H and O–H groups in total. The van der Waals surface area contributed by atoms with Crippen LogP contribution < -0.4 is 5.32 Å². The minimum atomic E-state index is 0.135. The van der Waals surface area contributed by atoms with Crippen LogP contribution >= 0.6 is 23.1 Å². The molecule has 0 saturated heterocycles. The molecule has 0 spiro atoms. The Morgan fingerprint density at radius 3 is 2.22 bits per heavy atom. The fraction of sp³-hybridized carbons (Fsp3) is 0.0244. The molecule has 1 unspecified atom stereocenters. The van der Waals surface area contributed by atoms with Crippen LogP contribution in [-0.2, 0) is 0 Å². The summed E-state index contributed by atoms with van der Waals surface area (Å²) in [5.41, 5.74) is 8.72. The van der Waals surface area contributed by atoms with Crippen molar-refractivity contribution in [3.8, 4) is 16.8 Å². The maximum atomic E-state index is 3.97. The molecule has 1 aliphatic rings. The first kappa shape index (κ1) is 25.3. The zero-order valence-electron chi connectivity index (χ0n) is 24.2. The molecule has 1 aliphatic heterocycles. The van der Waals surface area contributed by atoms with Gasteiger partial charge in [0.1, 0.15) is 5.37 Å². The predicted molar refractivity (Wildman–Crippen MR) is 195 cm³/mol. The Labute approximate surface area is 268 Å². The summed E-state index contributed by atoms with van der Waals surface area (Å²) in [6, 6.07) is 53.4. The summed E-state index contributed by atoms with van der Waals surface area (Å²) in [4.78, 5) is 1.31. The van der Waals surface area contributed by atoms with Gasteiger partial charge in [-0.2, -0.15) is 0 Å². The third-order valence-corrected chi connectivity index (χ3v) is 11.6. The van der Waals surface area contributed by atoms with E-state index in [1.807, 2.05) is 23.1 Å². The number of nitrogens with zero attached hydrogens (tertiary/aromatic N) is 1. The highest BCUT2D eigenvalue weighted by atomic mass is 32.2. The Bertz CT molecular complexity index is 2610. The van der Waals surface area contributed by atoms with Crippen molar-refractivity contribution >= 4 is 81.5 Å². The third kappa shape index (κ3) is 3.89. The molecule has 0 aliphatic carbocycles. The number of anilines is 1. The van der Waals surface area contributed by atoms with Crippen molar-refractivity contribution in [3.05, 3.63) is 151 Å². The summed E-state index contributed by atoms with van der Waals surface area (Å²) in [7, 11) is 0. The summed E-state index contributed by atoms with van der Waals surface area (Å²) in [5, 5.41) is 11.9. The van der Waals surface area contributed by atoms with E-state index in [1.54, 1.807) is 0 Å². The molecule has 212 valence electrons. The van der Waals surface area contributed by atoms with Gasteiger partial charge in [0.25, 0.3) is 0 Å². The highest BCUT2D eigenvalue weighted by molar-refractivity contribution is 8.00. The largest absolute Gasteiger partial charge is 0.368 e. The van der Waals surface area contributed by atoms with Crippen LogP contribution in [-0.4, -0.2) is 4.57 Å². The van der Waals surface area contributed by atoms with Gasteiger partial charge in [-0.15, -0.1) is 11.3 Å². The van der Waals surface area contributed by atoms with Gasteiger partial charge < -0.3 is 9.88 Å². The second-order valence-corrected chi connectivity index (χ2v) is 14.0. The van der Waals surface area contributed by atoms with Gasteiger partial charge in [0.2, 0.25) is 0 Å². The molecule has 0 radical (unpaired) electrons. The Morgan fingerprint density at radius 1 is 0.533 bits per heavy atom. The highest BCUT2D eigenvalue weighted by Gasteiger charge is 2.27. The zero-order valence-corrected chi connectivity index (χ0v) is 25.8. The number of nitrogens with one attached hydrogen (secondary N) is 1. The van der Waals surface area contributed by atoms with Crippen LogP contribution in [0.25, 0.3) is 69.6 Å². The normalized spacial score (nSPS) is 14.5. The molecule has 3 heterocycles. The first-order valence-corrected chi connectivity index (χ1v) is 17.0. The van der Waals surface area contributed by atoms with Gasteiger partial charge in [-0.3, -0.25) is 0 Å². The SMILES string of the molecule is c1ccc(-n2c3ccccc3c3ccc(C4Nc5c(ccc6sc7ccc(-c8ccc9ccccc9c8)cc7c56)S4)cc32)cc1. The topological polar surface area (TPSA) is 17.0 Å². The van der Waals surface area contributed by atoms with Crippen LogP contribution in [0.4, 0.5) is 5.69 Å². The molecule has 9 aromatic rings. The minimum absolute atomic E-state index is 0.135. The second-order valence-electron chi connectivity index (χ2n) is 11.8. The molecule has 1 atom stereocenters. The van der Waals surface area contributed by atoms with Crippen LogP contribution in [0.1, 0.15) is 10.9 Å². The minimum Gasteiger partial charge on any atom is -0.368 e. The first-order valence-electron chi connectivity index (χ1n) is 15.3. The standard InChI is InChI=1S/C41H26N2S2/c1-2-10-30(11-3-1)43-34-13-7-6-12-31(34)32-18-16-29(24-35(32)43)41-42-40-38(45-41)21-20-37-39(40)33-23-28(17-19-36(33)44-37)27-15-14-25-8-4-5-9-26(25)22-27/h1-24,41-42H. The molecule has 0 saturated carbocycles. The van der Waals surface area contributed by atoms with E-state index in [1.165, 1.54) is 85.7 Å². The van der Waals surface area contributed by atoms with E-state index in [0.29, 0.717) is 0 Å². The number of para-hydroxylation sites is 2. The first-order chi connectivity index (χ1) is 22.3. The zero-order chi connectivity index (χ0) is 29.5. The van der Waals surface area contributed by atoms with Crippen LogP contribution in [0.15, 0.2) is 150 Å². The summed E-state index contributed by atoms with van der Waals surface area (Å²) in [5.74, 6) is 0. The number of aromatic nitrogens is 1. The van der Waals surface area contributed by atoms with E-state index in [-0.39, 0.29) is 5.37 Å². The van der Waals surface area contributed by atoms with Crippen molar-refractivity contribution in [2.45, 2.75) is 10.3 Å². The van der Waals surface area contributed by atoms with E-state index in [0.717, 1.165) is 0 Å². The van der Waals surface area contributed by atoms with Crippen molar-refractivity contribution in [1.82, 2.24) is 4.57 Å². The second kappa shape index (κ2) is 9.73. The maximum Gasteiger partial charge on any atom is 0.103 e. The Balaban J connectivity index is 1.09. The highest BCUT2D eigenvalue weighted by Crippen LogP contribution is 2.53. The fourth-order valence-electron chi connectivity index (χ4n) is 7.08. The number of rotatable bonds is 3. The van der Waals surface area contributed by atoms with Crippen LogP contribution in [0.5, 0.6) is 0 Å². The van der Waals surface area contributed by atoms with Crippen molar-refractivity contribution in [1.29, 1.82) is 0 Å². The lowest BCUT2D eigenvalue weighted by atomic mass is 9.99. The number of fused-ring (bicyclic) bond motifs is 9. The smallest absolute Gasteiger partial charge is 0.103 e. The average Bonchev–Trinajstić information content (AvgIpc) is 3.79. The molecule has 10 rings (SSSR count). The van der Waals surface area contributed by atoms with Crippen molar-refractivity contribution < 1.29 is 0 Å². The van der Waals surface area contributed by atoms with E-state index < -0.39 is 0 Å². The van der Waals surface area contributed by atoms with Crippen molar-refractivity contribution in [3.63, 3.8) is 0 Å². The Morgan fingerprint density at radius 2 is 1.29 bits per heavy atom. The Kier molecular flexibility index (Phi) is 5.48. The number of benzene rings is 7. The molecule has 0 fully saturated rings. The molecular formula is C41H26N2S2. The van der Waals surface area contributed by atoms with E-state index >= 15 is 0 Å². The lowest BCUT2D eigenvalue weighted by Crippen LogP contribution is -2.02.